The highest BCUT2D eigenvalue weighted by Gasteiger charge is 2.27. The molecular formula is C26H33N3O3. The maximum Gasteiger partial charge on any atom is 0.255 e. The van der Waals surface area contributed by atoms with Crippen LogP contribution < -0.4 is 15.6 Å². The second kappa shape index (κ2) is 9.33. The van der Waals surface area contributed by atoms with Gasteiger partial charge in [0, 0.05) is 40.3 Å². The predicted octanol–water partition coefficient (Wildman–Crippen LogP) is 4.33. The van der Waals surface area contributed by atoms with Gasteiger partial charge in [0.2, 0.25) is 0 Å². The van der Waals surface area contributed by atoms with Crippen molar-refractivity contribution in [1.82, 2.24) is 14.9 Å². The van der Waals surface area contributed by atoms with Gasteiger partial charge in [0.25, 0.3) is 5.56 Å². The minimum absolute atomic E-state index is 0.0667. The molecule has 1 aromatic carbocycles. The number of ether oxygens (including phenoxy) is 1. The van der Waals surface area contributed by atoms with Crippen molar-refractivity contribution in [3.05, 3.63) is 63.2 Å². The first-order chi connectivity index (χ1) is 15.4. The highest BCUT2D eigenvalue weighted by molar-refractivity contribution is 6.09. The second-order valence-electron chi connectivity index (χ2n) is 8.93. The van der Waals surface area contributed by atoms with Crippen molar-refractivity contribution in [2.45, 2.75) is 52.5 Å². The van der Waals surface area contributed by atoms with Crippen LogP contribution >= 0.6 is 0 Å². The summed E-state index contributed by atoms with van der Waals surface area (Å²) in [4.78, 5) is 28.7. The van der Waals surface area contributed by atoms with Crippen LogP contribution in [0.4, 0.5) is 0 Å². The summed E-state index contributed by atoms with van der Waals surface area (Å²) in [5, 5.41) is 4.44. The van der Waals surface area contributed by atoms with Gasteiger partial charge in [-0.2, -0.15) is 0 Å². The van der Waals surface area contributed by atoms with E-state index in [1.54, 1.807) is 13.2 Å². The monoisotopic (exact) mass is 435 g/mol. The van der Waals surface area contributed by atoms with Gasteiger partial charge in [0.1, 0.15) is 5.75 Å². The second-order valence-corrected chi connectivity index (χ2v) is 8.93. The van der Waals surface area contributed by atoms with E-state index in [4.69, 9.17) is 4.74 Å². The number of Topliss-reactive ketones (excluding diaryl/α,β-unsaturated/α-hetero) is 1. The van der Waals surface area contributed by atoms with E-state index in [2.05, 4.69) is 34.8 Å². The molecule has 4 rings (SSSR count). The van der Waals surface area contributed by atoms with Gasteiger partial charge in [-0.3, -0.25) is 9.59 Å². The number of rotatable bonds is 7. The normalized spacial score (nSPS) is 15.8. The number of carbonyl (C=O) groups excluding carboxylic acids is 1. The molecule has 2 N–H and O–H groups in total. The van der Waals surface area contributed by atoms with Crippen molar-refractivity contribution in [2.75, 3.05) is 20.2 Å². The summed E-state index contributed by atoms with van der Waals surface area (Å²) in [5.74, 6) is 1.19. The van der Waals surface area contributed by atoms with Crippen molar-refractivity contribution >= 4 is 16.7 Å². The number of nitrogens with zero attached hydrogens (tertiary/aromatic N) is 1. The van der Waals surface area contributed by atoms with Crippen LogP contribution in [0.2, 0.25) is 0 Å². The van der Waals surface area contributed by atoms with Gasteiger partial charge in [-0.1, -0.05) is 18.2 Å². The molecule has 0 spiro atoms. The molecule has 0 aliphatic carbocycles. The Morgan fingerprint density at radius 3 is 2.66 bits per heavy atom. The molecule has 3 aromatic rings. The molecule has 1 aliphatic rings. The zero-order chi connectivity index (χ0) is 22.8. The van der Waals surface area contributed by atoms with Crippen molar-refractivity contribution in [1.29, 1.82) is 0 Å². The third-order valence-electron chi connectivity index (χ3n) is 6.96. The number of benzene rings is 1. The smallest absolute Gasteiger partial charge is 0.255 e. The molecular weight excluding hydrogens is 402 g/mol. The molecule has 0 saturated carbocycles. The lowest BCUT2D eigenvalue weighted by atomic mass is 9.91. The van der Waals surface area contributed by atoms with E-state index in [-0.39, 0.29) is 17.8 Å². The number of pyridine rings is 1. The van der Waals surface area contributed by atoms with Gasteiger partial charge in [-0.25, -0.2) is 0 Å². The summed E-state index contributed by atoms with van der Waals surface area (Å²) in [6.45, 7) is 8.25. The topological polar surface area (TPSA) is 76.1 Å². The third-order valence-corrected chi connectivity index (χ3v) is 6.96. The number of fused-ring (bicyclic) bond motifs is 1. The molecule has 1 saturated heterocycles. The Morgan fingerprint density at radius 1 is 1.22 bits per heavy atom. The number of para-hydroxylation sites is 1. The SMILES string of the molecule is COc1cc(C)[nH]c(=O)c1CCC(=O)c1c(C)n([C@H](C)C2CCNCC2)c2ccccc12. The van der Waals surface area contributed by atoms with Gasteiger partial charge in [-0.05, 0) is 71.2 Å². The number of H-pyrrole nitrogens is 1. The molecule has 1 aliphatic heterocycles. The zero-order valence-electron chi connectivity index (χ0n) is 19.5. The maximum atomic E-state index is 13.5. The number of aromatic amines is 1. The molecule has 6 heteroatoms. The van der Waals surface area contributed by atoms with E-state index in [9.17, 15) is 9.59 Å². The van der Waals surface area contributed by atoms with E-state index in [0.717, 1.165) is 53.8 Å². The number of piperidine rings is 1. The van der Waals surface area contributed by atoms with Crippen LogP contribution in [0.1, 0.15) is 59.5 Å². The Bertz CT molecular complexity index is 1180. The molecule has 2 aromatic heterocycles. The summed E-state index contributed by atoms with van der Waals surface area (Å²) in [5.41, 5.74) is 4.00. The summed E-state index contributed by atoms with van der Waals surface area (Å²) >= 11 is 0. The van der Waals surface area contributed by atoms with Crippen molar-refractivity contribution in [3.8, 4) is 5.75 Å². The zero-order valence-corrected chi connectivity index (χ0v) is 19.5. The minimum Gasteiger partial charge on any atom is -0.496 e. The lowest BCUT2D eigenvalue weighted by Gasteiger charge is -2.31. The minimum atomic E-state index is -0.187. The number of hydrogen-bond acceptors (Lipinski definition) is 4. The first-order valence-electron chi connectivity index (χ1n) is 11.5. The van der Waals surface area contributed by atoms with Crippen molar-refractivity contribution < 1.29 is 9.53 Å². The molecule has 32 heavy (non-hydrogen) atoms. The number of carbonyl (C=O) groups is 1. The number of aromatic nitrogens is 2. The molecule has 0 radical (unpaired) electrons. The molecule has 170 valence electrons. The predicted molar refractivity (Wildman–Crippen MR) is 128 cm³/mol. The highest BCUT2D eigenvalue weighted by atomic mass is 16.5. The van der Waals surface area contributed by atoms with Crippen LogP contribution in [0.5, 0.6) is 5.75 Å². The number of ketones is 1. The summed E-state index contributed by atoms with van der Waals surface area (Å²) in [7, 11) is 1.56. The standard InChI is InChI=1S/C26H33N3O3/c1-16-15-24(32-4)21(26(31)28-16)9-10-23(30)25-18(3)29(22-8-6-5-7-20(22)25)17(2)19-11-13-27-14-12-19/h5-8,15,17,19,27H,9-14H2,1-4H3,(H,28,31)/t17-/m1/s1. The Labute approximate surface area is 189 Å². The largest absolute Gasteiger partial charge is 0.496 e. The summed E-state index contributed by atoms with van der Waals surface area (Å²) in [6.07, 6.45) is 2.90. The van der Waals surface area contributed by atoms with Crippen LogP contribution in [-0.2, 0) is 6.42 Å². The average Bonchev–Trinajstić information content (AvgIpc) is 3.09. The Hall–Kier alpha value is -2.86. The Morgan fingerprint density at radius 2 is 1.94 bits per heavy atom. The lowest BCUT2D eigenvalue weighted by molar-refractivity contribution is 0.0983. The van der Waals surface area contributed by atoms with Crippen LogP contribution in [-0.4, -0.2) is 35.5 Å². The van der Waals surface area contributed by atoms with Crippen molar-refractivity contribution in [2.24, 2.45) is 5.92 Å². The van der Waals surface area contributed by atoms with E-state index in [1.807, 2.05) is 25.1 Å². The third kappa shape index (κ3) is 4.11. The van der Waals surface area contributed by atoms with Gasteiger partial charge >= 0.3 is 0 Å². The summed E-state index contributed by atoms with van der Waals surface area (Å²) in [6, 6.07) is 10.3. The van der Waals surface area contributed by atoms with Crippen LogP contribution in [0, 0.1) is 19.8 Å². The Kier molecular flexibility index (Phi) is 6.51. The highest BCUT2D eigenvalue weighted by Crippen LogP contribution is 2.35. The van der Waals surface area contributed by atoms with E-state index < -0.39 is 0 Å². The molecule has 0 unspecified atom stereocenters. The number of hydrogen-bond donors (Lipinski definition) is 2. The Balaban J connectivity index is 1.67. The van der Waals surface area contributed by atoms with Crippen molar-refractivity contribution in [3.63, 3.8) is 0 Å². The molecule has 1 atom stereocenters. The van der Waals surface area contributed by atoms with Crippen LogP contribution in [0.3, 0.4) is 0 Å². The van der Waals surface area contributed by atoms with Gasteiger partial charge < -0.3 is 19.6 Å². The number of methoxy groups -OCH3 is 1. The number of nitrogens with one attached hydrogen (secondary N) is 2. The van der Waals surface area contributed by atoms with E-state index >= 15 is 0 Å². The number of aryl methyl sites for hydroxylation is 1. The lowest BCUT2D eigenvalue weighted by Crippen LogP contribution is -2.32. The molecule has 3 heterocycles. The van der Waals surface area contributed by atoms with E-state index in [0.29, 0.717) is 29.7 Å². The molecule has 0 bridgehead atoms. The van der Waals surface area contributed by atoms with E-state index in [1.165, 1.54) is 0 Å². The molecule has 6 nitrogen and oxygen atoms in total. The quantitative estimate of drug-likeness (QED) is 0.542. The van der Waals surface area contributed by atoms with Gasteiger partial charge in [0.05, 0.1) is 12.7 Å². The fraction of sp³-hybridized carbons (Fsp3) is 0.462. The fourth-order valence-corrected chi connectivity index (χ4v) is 5.27. The average molecular weight is 436 g/mol. The van der Waals surface area contributed by atoms with Crippen LogP contribution in [0.15, 0.2) is 35.1 Å². The molecule has 1 fully saturated rings. The molecule has 0 amide bonds. The fourth-order valence-electron chi connectivity index (χ4n) is 5.27. The van der Waals surface area contributed by atoms with Gasteiger partial charge in [0.15, 0.2) is 5.78 Å². The van der Waals surface area contributed by atoms with Crippen LogP contribution in [0.25, 0.3) is 10.9 Å². The summed E-state index contributed by atoms with van der Waals surface area (Å²) < 4.78 is 7.76. The first kappa shape index (κ1) is 22.3. The van der Waals surface area contributed by atoms with Gasteiger partial charge in [-0.15, -0.1) is 0 Å². The maximum absolute atomic E-state index is 13.5. The first-order valence-corrected chi connectivity index (χ1v) is 11.5.